The molecule has 23 heavy (non-hydrogen) atoms. The number of fused-ring (bicyclic) bond motifs is 1. The van der Waals surface area contributed by atoms with Gasteiger partial charge in [0, 0.05) is 16.1 Å². The van der Waals surface area contributed by atoms with E-state index in [2.05, 4.69) is 4.98 Å². The number of aromatic nitrogens is 2. The first-order valence-electron chi connectivity index (χ1n) is 7.09. The van der Waals surface area contributed by atoms with Crippen LogP contribution in [0, 0.1) is 22.1 Å². The van der Waals surface area contributed by atoms with Crippen molar-refractivity contribution in [2.45, 2.75) is 20.3 Å². The van der Waals surface area contributed by atoms with Crippen LogP contribution in [0.15, 0.2) is 35.1 Å². The molecule has 3 aromatic rings. The van der Waals surface area contributed by atoms with Crippen LogP contribution < -0.4 is 5.56 Å². The predicted molar refractivity (Wildman–Crippen MR) is 94.1 cm³/mol. The van der Waals surface area contributed by atoms with Crippen molar-refractivity contribution in [2.75, 3.05) is 0 Å². The molecule has 2 aromatic carbocycles. The van der Waals surface area contributed by atoms with E-state index in [0.717, 1.165) is 0 Å². The number of nitrogens with zero attached hydrogens (tertiary/aromatic N) is 2. The Morgan fingerprint density at radius 3 is 2.61 bits per heavy atom. The molecule has 0 fully saturated rings. The van der Waals surface area contributed by atoms with Crippen LogP contribution in [0.2, 0.25) is 0 Å². The molecule has 0 aliphatic heterocycles. The Morgan fingerprint density at radius 1 is 1.22 bits per heavy atom. The summed E-state index contributed by atoms with van der Waals surface area (Å²) in [4.78, 5) is 17.3. The molecule has 0 unspecified atom stereocenters. The summed E-state index contributed by atoms with van der Waals surface area (Å²) in [5, 5.41) is 0.344. The van der Waals surface area contributed by atoms with Crippen molar-refractivity contribution < 1.29 is 8.78 Å². The molecule has 6 heteroatoms. The Hall–Kier alpha value is -1.83. The third kappa shape index (κ3) is 2.75. The van der Waals surface area contributed by atoms with Gasteiger partial charge in [-0.15, -0.1) is 0 Å². The van der Waals surface area contributed by atoms with E-state index in [1.807, 2.05) is 29.5 Å². The summed E-state index contributed by atoms with van der Waals surface area (Å²) in [6.07, 6.45) is 0.496. The third-order valence-corrected chi connectivity index (χ3v) is 4.52. The summed E-state index contributed by atoms with van der Waals surface area (Å²) in [5.74, 6) is -0.247. The number of rotatable bonds is 2. The Labute approximate surface area is 145 Å². The van der Waals surface area contributed by atoms with Crippen molar-refractivity contribution in [2.24, 2.45) is 0 Å². The molecule has 3 rings (SSSR count). The second kappa shape index (κ2) is 5.99. The SMILES string of the molecule is CCc1nc2cc(F)c(I)cc2c(=O)n1-c1ccc(F)cc1C. The largest absolute Gasteiger partial charge is 0.268 e. The van der Waals surface area contributed by atoms with Gasteiger partial charge in [-0.3, -0.25) is 9.36 Å². The maximum absolute atomic E-state index is 13.8. The number of aryl methyl sites for hydroxylation is 2. The summed E-state index contributed by atoms with van der Waals surface area (Å²) in [6.45, 7) is 3.61. The second-order valence-corrected chi connectivity index (χ2v) is 6.40. The maximum Gasteiger partial charge on any atom is 0.266 e. The summed E-state index contributed by atoms with van der Waals surface area (Å²) in [7, 11) is 0. The van der Waals surface area contributed by atoms with Crippen molar-refractivity contribution >= 4 is 33.5 Å². The minimum absolute atomic E-state index is 0.278. The number of benzene rings is 2. The molecule has 0 saturated heterocycles. The van der Waals surface area contributed by atoms with Crippen molar-refractivity contribution in [1.82, 2.24) is 9.55 Å². The highest BCUT2D eigenvalue weighted by molar-refractivity contribution is 14.1. The van der Waals surface area contributed by atoms with Gasteiger partial charge in [0.1, 0.15) is 17.5 Å². The van der Waals surface area contributed by atoms with Gasteiger partial charge in [-0.1, -0.05) is 6.92 Å². The molecule has 0 aliphatic carbocycles. The average Bonchev–Trinajstić information content (AvgIpc) is 2.50. The lowest BCUT2D eigenvalue weighted by atomic mass is 10.1. The predicted octanol–water partition coefficient (Wildman–Crippen LogP) is 4.14. The van der Waals surface area contributed by atoms with Crippen LogP contribution in [0.5, 0.6) is 0 Å². The van der Waals surface area contributed by atoms with E-state index in [1.54, 1.807) is 13.0 Å². The van der Waals surface area contributed by atoms with E-state index in [4.69, 9.17) is 0 Å². The summed E-state index contributed by atoms with van der Waals surface area (Å²) >= 11 is 1.84. The number of hydrogen-bond acceptors (Lipinski definition) is 2. The Kier molecular flexibility index (Phi) is 4.18. The van der Waals surface area contributed by atoms with Gasteiger partial charge in [0.15, 0.2) is 0 Å². The highest BCUT2D eigenvalue weighted by Gasteiger charge is 2.15. The first-order chi connectivity index (χ1) is 10.9. The highest BCUT2D eigenvalue weighted by Crippen LogP contribution is 2.20. The molecule has 0 saturated carbocycles. The molecule has 3 nitrogen and oxygen atoms in total. The Morgan fingerprint density at radius 2 is 1.96 bits per heavy atom. The van der Waals surface area contributed by atoms with Crippen LogP contribution in [0.1, 0.15) is 18.3 Å². The average molecular weight is 426 g/mol. The summed E-state index contributed by atoms with van der Waals surface area (Å²) < 4.78 is 28.9. The summed E-state index contributed by atoms with van der Waals surface area (Å²) in [6, 6.07) is 7.02. The standard InChI is InChI=1S/C17H13F2IN2O/c1-3-16-21-14-8-12(19)13(20)7-11(14)17(23)22(16)15-5-4-10(18)6-9(15)2/h4-8H,3H2,1-2H3. The normalized spacial score (nSPS) is 11.2. The second-order valence-electron chi connectivity index (χ2n) is 5.24. The van der Waals surface area contributed by atoms with Crippen molar-refractivity contribution in [3.05, 3.63) is 67.3 Å². The van der Waals surface area contributed by atoms with Gasteiger partial charge >= 0.3 is 0 Å². The first kappa shape index (κ1) is 16.0. The van der Waals surface area contributed by atoms with Gasteiger partial charge in [0.25, 0.3) is 5.56 Å². The lowest BCUT2D eigenvalue weighted by Crippen LogP contribution is -2.24. The zero-order chi connectivity index (χ0) is 16.7. The van der Waals surface area contributed by atoms with E-state index in [9.17, 15) is 13.6 Å². The quantitative estimate of drug-likeness (QED) is 0.578. The van der Waals surface area contributed by atoms with Crippen LogP contribution >= 0.6 is 22.6 Å². The molecule has 118 valence electrons. The zero-order valence-electron chi connectivity index (χ0n) is 12.5. The van der Waals surface area contributed by atoms with Gasteiger partial charge in [-0.05, 0) is 59.3 Å². The van der Waals surface area contributed by atoms with E-state index in [0.29, 0.717) is 38.0 Å². The fourth-order valence-corrected chi connectivity index (χ4v) is 3.05. The molecule has 0 spiro atoms. The molecule has 0 amide bonds. The number of hydrogen-bond donors (Lipinski definition) is 0. The Balaban J connectivity index is 2.42. The maximum atomic E-state index is 13.8. The smallest absolute Gasteiger partial charge is 0.266 e. The van der Waals surface area contributed by atoms with Crippen LogP contribution in [0.3, 0.4) is 0 Å². The van der Waals surface area contributed by atoms with Gasteiger partial charge in [0.05, 0.1) is 16.6 Å². The topological polar surface area (TPSA) is 34.9 Å². The van der Waals surface area contributed by atoms with Crippen molar-refractivity contribution in [3.63, 3.8) is 0 Å². The lowest BCUT2D eigenvalue weighted by Gasteiger charge is -2.15. The van der Waals surface area contributed by atoms with Gasteiger partial charge in [-0.2, -0.15) is 0 Å². The van der Waals surface area contributed by atoms with Crippen molar-refractivity contribution in [3.8, 4) is 5.69 Å². The molecule has 0 atom stereocenters. The molecule has 0 bridgehead atoms. The summed E-state index contributed by atoms with van der Waals surface area (Å²) in [5.41, 5.74) is 1.28. The zero-order valence-corrected chi connectivity index (χ0v) is 14.7. The van der Waals surface area contributed by atoms with E-state index in [-0.39, 0.29) is 11.4 Å². The van der Waals surface area contributed by atoms with Crippen LogP contribution in [-0.4, -0.2) is 9.55 Å². The highest BCUT2D eigenvalue weighted by atomic mass is 127. The Bertz CT molecular complexity index is 982. The molecular weight excluding hydrogens is 413 g/mol. The fraction of sp³-hybridized carbons (Fsp3) is 0.176. The van der Waals surface area contributed by atoms with Gasteiger partial charge in [-0.25, -0.2) is 13.8 Å². The molecule has 1 aromatic heterocycles. The molecule has 0 aliphatic rings. The van der Waals surface area contributed by atoms with Crippen LogP contribution in [-0.2, 0) is 6.42 Å². The van der Waals surface area contributed by atoms with Crippen LogP contribution in [0.25, 0.3) is 16.6 Å². The fourth-order valence-electron chi connectivity index (χ4n) is 2.58. The van der Waals surface area contributed by atoms with Gasteiger partial charge in [0.2, 0.25) is 0 Å². The number of halogens is 3. The minimum Gasteiger partial charge on any atom is -0.268 e. The molecular formula is C17H13F2IN2O. The molecule has 0 radical (unpaired) electrons. The van der Waals surface area contributed by atoms with E-state index >= 15 is 0 Å². The van der Waals surface area contributed by atoms with E-state index < -0.39 is 5.82 Å². The monoisotopic (exact) mass is 426 g/mol. The van der Waals surface area contributed by atoms with Crippen LogP contribution in [0.4, 0.5) is 8.78 Å². The third-order valence-electron chi connectivity index (χ3n) is 3.70. The molecule has 0 N–H and O–H groups in total. The van der Waals surface area contributed by atoms with E-state index in [1.165, 1.54) is 28.8 Å². The minimum atomic E-state index is -0.400. The molecule has 1 heterocycles. The van der Waals surface area contributed by atoms with Crippen molar-refractivity contribution in [1.29, 1.82) is 0 Å². The first-order valence-corrected chi connectivity index (χ1v) is 8.17. The lowest BCUT2D eigenvalue weighted by molar-refractivity contribution is 0.621. The van der Waals surface area contributed by atoms with Gasteiger partial charge < -0.3 is 0 Å².